The van der Waals surface area contributed by atoms with Gasteiger partial charge < -0.3 is 11.1 Å². The van der Waals surface area contributed by atoms with E-state index >= 15 is 0 Å². The summed E-state index contributed by atoms with van der Waals surface area (Å²) in [7, 11) is 0. The molecule has 72 valence electrons. The van der Waals surface area contributed by atoms with Gasteiger partial charge in [0.15, 0.2) is 0 Å². The Morgan fingerprint density at radius 2 is 2.21 bits per heavy atom. The topological polar surface area (TPSA) is 78.9 Å². The van der Waals surface area contributed by atoms with Crippen molar-refractivity contribution in [1.29, 1.82) is 5.26 Å². The third-order valence-corrected chi connectivity index (χ3v) is 1.72. The second-order valence-corrected chi connectivity index (χ2v) is 2.94. The summed E-state index contributed by atoms with van der Waals surface area (Å²) in [6, 6.07) is 8.19. The Morgan fingerprint density at radius 1 is 1.57 bits per heavy atom. The number of hydrogen-bond donors (Lipinski definition) is 2. The number of anilines is 1. The quantitative estimate of drug-likeness (QED) is 0.723. The Morgan fingerprint density at radius 3 is 2.79 bits per heavy atom. The van der Waals surface area contributed by atoms with Crippen molar-refractivity contribution in [2.75, 3.05) is 5.32 Å². The molecule has 3 N–H and O–H groups in total. The van der Waals surface area contributed by atoms with Crippen LogP contribution in [0.25, 0.3) is 0 Å². The van der Waals surface area contributed by atoms with Gasteiger partial charge in [0, 0.05) is 0 Å². The van der Waals surface area contributed by atoms with Crippen LogP contribution in [0, 0.1) is 11.3 Å². The lowest BCUT2D eigenvalue weighted by Crippen LogP contribution is -2.32. The highest BCUT2D eigenvalue weighted by Gasteiger charge is 2.09. The fourth-order valence-corrected chi connectivity index (χ4v) is 0.936. The molecule has 1 aromatic rings. The summed E-state index contributed by atoms with van der Waals surface area (Å²) in [6.45, 7) is 1.59. The molecule has 1 rings (SSSR count). The number of nitriles is 1. The van der Waals surface area contributed by atoms with E-state index in [1.165, 1.54) is 0 Å². The predicted molar refractivity (Wildman–Crippen MR) is 53.4 cm³/mol. The molecule has 0 bridgehead atoms. The number of nitrogens with one attached hydrogen (secondary N) is 1. The second-order valence-electron chi connectivity index (χ2n) is 2.94. The van der Waals surface area contributed by atoms with Gasteiger partial charge in [-0.2, -0.15) is 5.26 Å². The van der Waals surface area contributed by atoms with Crippen LogP contribution in [0.1, 0.15) is 12.5 Å². The lowest BCUT2D eigenvalue weighted by Gasteiger charge is -2.08. The molecule has 1 atom stereocenters. The highest BCUT2D eigenvalue weighted by molar-refractivity contribution is 5.95. The number of carbonyl (C=O) groups is 1. The van der Waals surface area contributed by atoms with E-state index < -0.39 is 6.04 Å². The van der Waals surface area contributed by atoms with E-state index in [9.17, 15) is 4.79 Å². The molecule has 1 amide bonds. The number of para-hydroxylation sites is 1. The van der Waals surface area contributed by atoms with E-state index in [1.54, 1.807) is 31.2 Å². The van der Waals surface area contributed by atoms with Crippen LogP contribution in [-0.4, -0.2) is 11.9 Å². The molecular formula is C10H11N3O. The summed E-state index contributed by atoms with van der Waals surface area (Å²) < 4.78 is 0. The van der Waals surface area contributed by atoms with E-state index in [2.05, 4.69) is 5.32 Å². The molecule has 0 aliphatic rings. The van der Waals surface area contributed by atoms with Gasteiger partial charge >= 0.3 is 0 Å². The van der Waals surface area contributed by atoms with Crippen molar-refractivity contribution in [3.8, 4) is 6.07 Å². The minimum atomic E-state index is -0.582. The number of nitrogens with zero attached hydrogens (tertiary/aromatic N) is 1. The van der Waals surface area contributed by atoms with Gasteiger partial charge in [-0.1, -0.05) is 12.1 Å². The fraction of sp³-hybridized carbons (Fsp3) is 0.200. The summed E-state index contributed by atoms with van der Waals surface area (Å²) in [5.41, 5.74) is 6.31. The number of amides is 1. The van der Waals surface area contributed by atoms with Crippen molar-refractivity contribution >= 4 is 11.6 Å². The van der Waals surface area contributed by atoms with E-state index in [0.717, 1.165) is 0 Å². The summed E-state index contributed by atoms with van der Waals surface area (Å²) >= 11 is 0. The first-order valence-corrected chi connectivity index (χ1v) is 4.20. The van der Waals surface area contributed by atoms with Crippen LogP contribution in [0.4, 0.5) is 5.69 Å². The fourth-order valence-electron chi connectivity index (χ4n) is 0.936. The van der Waals surface area contributed by atoms with Crippen molar-refractivity contribution in [3.63, 3.8) is 0 Å². The minimum Gasteiger partial charge on any atom is -0.324 e. The number of carbonyl (C=O) groups excluding carboxylic acids is 1. The maximum atomic E-state index is 11.2. The summed E-state index contributed by atoms with van der Waals surface area (Å²) in [5, 5.41) is 11.3. The zero-order valence-corrected chi connectivity index (χ0v) is 7.82. The molecule has 0 aromatic heterocycles. The van der Waals surface area contributed by atoms with Crippen LogP contribution in [0.2, 0.25) is 0 Å². The zero-order chi connectivity index (χ0) is 10.6. The number of rotatable bonds is 2. The monoisotopic (exact) mass is 189 g/mol. The molecular weight excluding hydrogens is 178 g/mol. The average Bonchev–Trinajstić information content (AvgIpc) is 2.18. The summed E-state index contributed by atoms with van der Waals surface area (Å²) in [5.74, 6) is -0.298. The van der Waals surface area contributed by atoms with Gasteiger partial charge in [0.05, 0.1) is 17.3 Å². The van der Waals surface area contributed by atoms with Crippen LogP contribution in [0.5, 0.6) is 0 Å². The van der Waals surface area contributed by atoms with E-state index in [1.807, 2.05) is 6.07 Å². The van der Waals surface area contributed by atoms with Crippen molar-refractivity contribution in [2.24, 2.45) is 5.73 Å². The van der Waals surface area contributed by atoms with E-state index in [-0.39, 0.29) is 5.91 Å². The first-order chi connectivity index (χ1) is 6.65. The van der Waals surface area contributed by atoms with Gasteiger partial charge in [-0.3, -0.25) is 4.79 Å². The maximum absolute atomic E-state index is 11.2. The van der Waals surface area contributed by atoms with Gasteiger partial charge in [-0.05, 0) is 19.1 Å². The molecule has 1 aromatic carbocycles. The molecule has 0 aliphatic carbocycles. The van der Waals surface area contributed by atoms with Gasteiger partial charge in [0.25, 0.3) is 0 Å². The summed E-state index contributed by atoms with van der Waals surface area (Å²) in [4.78, 5) is 11.2. The zero-order valence-electron chi connectivity index (χ0n) is 7.82. The van der Waals surface area contributed by atoms with Crippen LogP contribution < -0.4 is 11.1 Å². The molecule has 0 saturated carbocycles. The SMILES string of the molecule is CC(N)C(=O)Nc1ccccc1C#N. The lowest BCUT2D eigenvalue weighted by molar-refractivity contribution is -0.117. The van der Waals surface area contributed by atoms with Crippen LogP contribution in [0.15, 0.2) is 24.3 Å². The highest BCUT2D eigenvalue weighted by Crippen LogP contribution is 2.13. The number of hydrogen-bond acceptors (Lipinski definition) is 3. The highest BCUT2D eigenvalue weighted by atomic mass is 16.2. The maximum Gasteiger partial charge on any atom is 0.241 e. The molecule has 0 fully saturated rings. The van der Waals surface area contributed by atoms with Crippen molar-refractivity contribution in [2.45, 2.75) is 13.0 Å². The normalized spacial score (nSPS) is 11.5. The molecule has 0 heterocycles. The Kier molecular flexibility index (Phi) is 3.21. The molecule has 0 aliphatic heterocycles. The minimum absolute atomic E-state index is 0.298. The smallest absolute Gasteiger partial charge is 0.241 e. The third-order valence-electron chi connectivity index (χ3n) is 1.72. The Hall–Kier alpha value is -1.86. The Balaban J connectivity index is 2.87. The van der Waals surface area contributed by atoms with E-state index in [4.69, 9.17) is 11.0 Å². The standard InChI is InChI=1S/C10H11N3O/c1-7(12)10(14)13-9-5-3-2-4-8(9)6-11/h2-5,7H,12H2,1H3,(H,13,14). The lowest BCUT2D eigenvalue weighted by atomic mass is 10.2. The molecule has 4 nitrogen and oxygen atoms in total. The molecule has 0 spiro atoms. The van der Waals surface area contributed by atoms with Crippen LogP contribution in [0.3, 0.4) is 0 Å². The molecule has 0 radical (unpaired) electrons. The van der Waals surface area contributed by atoms with Crippen molar-refractivity contribution < 1.29 is 4.79 Å². The second kappa shape index (κ2) is 4.40. The van der Waals surface area contributed by atoms with Crippen LogP contribution in [-0.2, 0) is 4.79 Å². The van der Waals surface area contributed by atoms with Crippen molar-refractivity contribution in [3.05, 3.63) is 29.8 Å². The predicted octanol–water partition coefficient (Wildman–Crippen LogP) is 0.844. The van der Waals surface area contributed by atoms with Crippen LogP contribution >= 0.6 is 0 Å². The first-order valence-electron chi connectivity index (χ1n) is 4.20. The van der Waals surface area contributed by atoms with Gasteiger partial charge in [-0.15, -0.1) is 0 Å². The number of benzene rings is 1. The van der Waals surface area contributed by atoms with Gasteiger partial charge in [0.1, 0.15) is 6.07 Å². The van der Waals surface area contributed by atoms with Gasteiger partial charge in [0.2, 0.25) is 5.91 Å². The third kappa shape index (κ3) is 2.31. The van der Waals surface area contributed by atoms with Crippen molar-refractivity contribution in [1.82, 2.24) is 0 Å². The average molecular weight is 189 g/mol. The van der Waals surface area contributed by atoms with Gasteiger partial charge in [-0.25, -0.2) is 0 Å². The summed E-state index contributed by atoms with van der Waals surface area (Å²) in [6.07, 6.45) is 0. The molecule has 14 heavy (non-hydrogen) atoms. The molecule has 0 saturated heterocycles. The van der Waals surface area contributed by atoms with E-state index in [0.29, 0.717) is 11.3 Å². The molecule has 4 heteroatoms. The Bertz CT molecular complexity index is 379. The Labute approximate surface area is 82.3 Å². The number of nitrogens with two attached hydrogens (primary N) is 1. The largest absolute Gasteiger partial charge is 0.324 e. The molecule has 1 unspecified atom stereocenters. The first kappa shape index (κ1) is 10.2.